The lowest BCUT2D eigenvalue weighted by molar-refractivity contribution is 0.0909. The van der Waals surface area contributed by atoms with E-state index >= 15 is 0 Å². The fourth-order valence-electron chi connectivity index (χ4n) is 3.55. The lowest BCUT2D eigenvalue weighted by Gasteiger charge is -2.30. The molecule has 0 aliphatic carbocycles. The Morgan fingerprint density at radius 1 is 1.22 bits per heavy atom. The third kappa shape index (κ3) is 3.41. The minimum atomic E-state index is 0.0140. The average molecular weight is 328 g/mol. The second-order valence-corrected chi connectivity index (χ2v) is 7.29. The van der Waals surface area contributed by atoms with E-state index in [0.717, 1.165) is 29.7 Å². The molecule has 1 aromatic heterocycles. The van der Waals surface area contributed by atoms with Crippen molar-refractivity contribution < 1.29 is 9.53 Å². The monoisotopic (exact) mass is 328 g/mol. The molecule has 1 N–H and O–H groups in total. The Morgan fingerprint density at radius 2 is 2.09 bits per heavy atom. The van der Waals surface area contributed by atoms with Crippen LogP contribution in [0.25, 0.3) is 0 Å². The second-order valence-electron chi connectivity index (χ2n) is 6.38. The van der Waals surface area contributed by atoms with Crippen LogP contribution in [0.1, 0.15) is 23.2 Å². The van der Waals surface area contributed by atoms with E-state index in [0.29, 0.717) is 5.56 Å². The molecule has 1 unspecified atom stereocenters. The maximum absolute atomic E-state index is 12.4. The maximum atomic E-state index is 12.4. The van der Waals surface area contributed by atoms with Gasteiger partial charge in [0.1, 0.15) is 5.75 Å². The highest BCUT2D eigenvalue weighted by Crippen LogP contribution is 2.28. The summed E-state index contributed by atoms with van der Waals surface area (Å²) >= 11 is 1.55. The van der Waals surface area contributed by atoms with Gasteiger partial charge in [0.15, 0.2) is 5.06 Å². The van der Waals surface area contributed by atoms with Crippen LogP contribution in [0.4, 0.5) is 0 Å². The van der Waals surface area contributed by atoms with Gasteiger partial charge in [-0.05, 0) is 67.1 Å². The molecule has 1 aromatic carbocycles. The van der Waals surface area contributed by atoms with Crippen LogP contribution in [0, 0.1) is 5.92 Å². The summed E-state index contributed by atoms with van der Waals surface area (Å²) in [4.78, 5) is 14.9. The molecule has 2 aliphatic heterocycles. The summed E-state index contributed by atoms with van der Waals surface area (Å²) < 4.78 is 5.72. The number of benzene rings is 1. The highest BCUT2D eigenvalue weighted by Gasteiger charge is 2.32. The zero-order valence-electron chi connectivity index (χ0n) is 12.9. The van der Waals surface area contributed by atoms with Gasteiger partial charge in [-0.1, -0.05) is 0 Å². The second kappa shape index (κ2) is 6.34. The predicted molar refractivity (Wildman–Crippen MR) is 91.3 cm³/mol. The largest absolute Gasteiger partial charge is 0.447 e. The smallest absolute Gasteiger partial charge is 0.251 e. The number of amides is 1. The van der Waals surface area contributed by atoms with E-state index in [4.69, 9.17) is 4.74 Å². The van der Waals surface area contributed by atoms with Gasteiger partial charge in [-0.25, -0.2) is 0 Å². The first-order valence-corrected chi connectivity index (χ1v) is 8.99. The number of fused-ring (bicyclic) bond motifs is 2. The van der Waals surface area contributed by atoms with E-state index in [-0.39, 0.29) is 11.9 Å². The Kier molecular flexibility index (Phi) is 4.06. The van der Waals surface area contributed by atoms with Crippen LogP contribution in [0.2, 0.25) is 0 Å². The highest BCUT2D eigenvalue weighted by atomic mass is 32.1. The highest BCUT2D eigenvalue weighted by molar-refractivity contribution is 7.11. The first kappa shape index (κ1) is 14.7. The Morgan fingerprint density at radius 3 is 2.83 bits per heavy atom. The van der Waals surface area contributed by atoms with Gasteiger partial charge >= 0.3 is 0 Å². The van der Waals surface area contributed by atoms with Crippen LogP contribution < -0.4 is 10.1 Å². The Hall–Kier alpha value is -1.85. The van der Waals surface area contributed by atoms with Gasteiger partial charge in [-0.15, -0.1) is 11.3 Å². The molecule has 2 fully saturated rings. The number of nitrogens with zero attached hydrogens (tertiary/aromatic N) is 1. The van der Waals surface area contributed by atoms with Gasteiger partial charge in [0.25, 0.3) is 5.91 Å². The predicted octanol–water partition coefficient (Wildman–Crippen LogP) is 3.36. The molecule has 2 saturated heterocycles. The van der Waals surface area contributed by atoms with Crippen molar-refractivity contribution in [1.82, 2.24) is 10.2 Å². The molecular formula is C18H20N2O2S. The first-order chi connectivity index (χ1) is 11.3. The van der Waals surface area contributed by atoms with Gasteiger partial charge < -0.3 is 15.0 Å². The summed E-state index contributed by atoms with van der Waals surface area (Å²) in [5, 5.41) is 6.01. The van der Waals surface area contributed by atoms with E-state index in [1.807, 2.05) is 41.8 Å². The molecule has 0 radical (unpaired) electrons. The lowest BCUT2D eigenvalue weighted by Crippen LogP contribution is -2.46. The molecule has 3 heterocycles. The van der Waals surface area contributed by atoms with Crippen LogP contribution in [0.5, 0.6) is 10.8 Å². The summed E-state index contributed by atoms with van der Waals surface area (Å²) in [5.74, 6) is 1.53. The summed E-state index contributed by atoms with van der Waals surface area (Å²) in [5.41, 5.74) is 0.691. The molecule has 3 atom stereocenters. The first-order valence-electron chi connectivity index (χ1n) is 8.11. The average Bonchev–Trinajstić information content (AvgIpc) is 3.18. The number of carbonyl (C=O) groups excluding carboxylic acids is 1. The quantitative estimate of drug-likeness (QED) is 0.936. The van der Waals surface area contributed by atoms with Gasteiger partial charge in [-0.3, -0.25) is 4.79 Å². The van der Waals surface area contributed by atoms with E-state index in [1.54, 1.807) is 11.3 Å². The SMILES string of the molecule is O=C(N[C@@H]1C[C@@H]2CCN(C2)C1)c1ccc(Oc2cccs2)cc1. The molecule has 2 aromatic rings. The number of rotatable bonds is 4. The van der Waals surface area contributed by atoms with Crippen LogP contribution in [0.3, 0.4) is 0 Å². The third-order valence-corrected chi connectivity index (χ3v) is 5.38. The number of piperidine rings is 1. The molecule has 2 bridgehead atoms. The van der Waals surface area contributed by atoms with Crippen LogP contribution in [-0.4, -0.2) is 36.5 Å². The number of thiophene rings is 1. The van der Waals surface area contributed by atoms with Crippen molar-refractivity contribution in [1.29, 1.82) is 0 Å². The number of ether oxygens (including phenoxy) is 1. The summed E-state index contributed by atoms with van der Waals surface area (Å²) in [6.07, 6.45) is 2.39. The molecular weight excluding hydrogens is 308 g/mol. The molecule has 0 saturated carbocycles. The lowest BCUT2D eigenvalue weighted by atomic mass is 9.96. The van der Waals surface area contributed by atoms with Gasteiger partial charge in [0.2, 0.25) is 0 Å². The Bertz CT molecular complexity index is 657. The molecule has 1 amide bonds. The zero-order chi connectivity index (χ0) is 15.6. The number of hydrogen-bond acceptors (Lipinski definition) is 4. The van der Waals surface area contributed by atoms with Gasteiger partial charge in [0.05, 0.1) is 0 Å². The fourth-order valence-corrected chi connectivity index (χ4v) is 4.14. The molecule has 120 valence electrons. The van der Waals surface area contributed by atoms with Crippen LogP contribution in [0.15, 0.2) is 41.8 Å². The normalized spacial score (nSPS) is 26.0. The van der Waals surface area contributed by atoms with Crippen molar-refractivity contribution in [2.24, 2.45) is 5.92 Å². The van der Waals surface area contributed by atoms with Gasteiger partial charge in [0, 0.05) is 24.7 Å². The van der Waals surface area contributed by atoms with Crippen molar-refractivity contribution in [2.45, 2.75) is 18.9 Å². The van der Waals surface area contributed by atoms with Crippen molar-refractivity contribution in [2.75, 3.05) is 19.6 Å². The summed E-state index contributed by atoms with van der Waals surface area (Å²) in [6, 6.07) is 11.5. The standard InChI is InChI=1S/C18H20N2O2S/c21-18(19-15-10-13-7-8-20(11-13)12-15)14-3-5-16(6-4-14)22-17-2-1-9-23-17/h1-6,9,13,15H,7-8,10-12H2,(H,19,21)/t13-,15+/m0/s1. The summed E-state index contributed by atoms with van der Waals surface area (Å²) in [6.45, 7) is 3.38. The molecule has 0 spiro atoms. The van der Waals surface area contributed by atoms with E-state index < -0.39 is 0 Å². The Balaban J connectivity index is 1.36. The molecule has 4 nitrogen and oxygen atoms in total. The minimum absolute atomic E-state index is 0.0140. The van der Waals surface area contributed by atoms with E-state index in [2.05, 4.69) is 10.2 Å². The fraction of sp³-hybridized carbons (Fsp3) is 0.389. The molecule has 2 aliphatic rings. The van der Waals surface area contributed by atoms with Crippen molar-refractivity contribution in [3.8, 4) is 10.8 Å². The number of carbonyl (C=O) groups is 1. The topological polar surface area (TPSA) is 41.6 Å². The Labute approximate surface area is 140 Å². The van der Waals surface area contributed by atoms with E-state index in [1.165, 1.54) is 19.5 Å². The van der Waals surface area contributed by atoms with E-state index in [9.17, 15) is 4.79 Å². The molecule has 23 heavy (non-hydrogen) atoms. The third-order valence-electron chi connectivity index (χ3n) is 4.63. The number of nitrogens with one attached hydrogen (secondary N) is 1. The maximum Gasteiger partial charge on any atom is 0.251 e. The van der Waals surface area contributed by atoms with Crippen LogP contribution >= 0.6 is 11.3 Å². The molecule has 4 rings (SSSR count). The number of hydrogen-bond donors (Lipinski definition) is 1. The van der Waals surface area contributed by atoms with Gasteiger partial charge in [-0.2, -0.15) is 0 Å². The zero-order valence-corrected chi connectivity index (χ0v) is 13.7. The van der Waals surface area contributed by atoms with Crippen molar-refractivity contribution in [3.63, 3.8) is 0 Å². The van der Waals surface area contributed by atoms with Crippen LogP contribution in [-0.2, 0) is 0 Å². The minimum Gasteiger partial charge on any atom is -0.447 e. The van der Waals surface area contributed by atoms with Crippen molar-refractivity contribution >= 4 is 17.2 Å². The summed E-state index contributed by atoms with van der Waals surface area (Å²) in [7, 11) is 0. The molecule has 5 heteroatoms. The van der Waals surface area contributed by atoms with Crippen molar-refractivity contribution in [3.05, 3.63) is 47.3 Å².